The van der Waals surface area contributed by atoms with Gasteiger partial charge in [-0.15, -0.1) is 0 Å². The molecule has 1 aromatic carbocycles. The number of rotatable bonds is 4. The lowest BCUT2D eigenvalue weighted by atomic mass is 10.1. The topological polar surface area (TPSA) is 63.6 Å². The first kappa shape index (κ1) is 12.4. The molecular weight excluding hydrogens is 240 g/mol. The highest BCUT2D eigenvalue weighted by Gasteiger charge is 2.56. The van der Waals surface area contributed by atoms with E-state index in [0.717, 1.165) is 11.3 Å². The van der Waals surface area contributed by atoms with Crippen molar-refractivity contribution in [2.24, 2.45) is 5.92 Å². The molecular formula is C12H16O4S. The molecule has 17 heavy (non-hydrogen) atoms. The molecule has 3 atom stereocenters. The third-order valence-electron chi connectivity index (χ3n) is 3.30. The van der Waals surface area contributed by atoms with E-state index in [2.05, 4.69) is 0 Å². The molecule has 0 radical (unpaired) electrons. The number of benzene rings is 1. The van der Waals surface area contributed by atoms with Crippen LogP contribution in [-0.4, -0.2) is 38.7 Å². The van der Waals surface area contributed by atoms with Crippen molar-refractivity contribution in [2.45, 2.75) is 11.2 Å². The lowest BCUT2D eigenvalue weighted by molar-refractivity contribution is 0.274. The minimum Gasteiger partial charge on any atom is -0.497 e. The molecule has 1 saturated carbocycles. The Bertz CT molecular complexity index is 492. The Morgan fingerprint density at radius 1 is 1.29 bits per heavy atom. The minimum atomic E-state index is -3.10. The van der Waals surface area contributed by atoms with Gasteiger partial charge in [0.15, 0.2) is 9.84 Å². The largest absolute Gasteiger partial charge is 0.497 e. The zero-order valence-electron chi connectivity index (χ0n) is 9.83. The Labute approximate surface area is 101 Å². The molecule has 2 rings (SSSR count). The molecule has 0 spiro atoms. The van der Waals surface area contributed by atoms with E-state index in [-0.39, 0.29) is 18.4 Å². The zero-order valence-corrected chi connectivity index (χ0v) is 10.6. The maximum atomic E-state index is 11.5. The fourth-order valence-electron chi connectivity index (χ4n) is 2.41. The van der Waals surface area contributed by atoms with Gasteiger partial charge < -0.3 is 9.84 Å². The predicted molar refractivity (Wildman–Crippen MR) is 64.9 cm³/mol. The molecule has 1 fully saturated rings. The number of aliphatic hydroxyl groups excluding tert-OH is 1. The number of ether oxygens (including phenoxy) is 1. The Kier molecular flexibility index (Phi) is 3.14. The second-order valence-electron chi connectivity index (χ2n) is 4.44. The van der Waals surface area contributed by atoms with Crippen LogP contribution in [0.2, 0.25) is 0 Å². The van der Waals surface area contributed by atoms with E-state index in [1.54, 1.807) is 19.2 Å². The average Bonchev–Trinajstić information content (AvgIpc) is 3.03. The summed E-state index contributed by atoms with van der Waals surface area (Å²) >= 11 is 0. The zero-order chi connectivity index (χ0) is 12.6. The normalized spacial score (nSPS) is 27.8. The molecule has 0 unspecified atom stereocenters. The molecule has 5 heteroatoms. The smallest absolute Gasteiger partial charge is 0.151 e. The molecule has 1 aliphatic rings. The van der Waals surface area contributed by atoms with Gasteiger partial charge in [0.05, 0.1) is 12.4 Å². The van der Waals surface area contributed by atoms with E-state index in [1.807, 2.05) is 12.1 Å². The third kappa shape index (κ3) is 2.30. The highest BCUT2D eigenvalue weighted by Crippen LogP contribution is 2.51. The first-order valence-electron chi connectivity index (χ1n) is 5.42. The first-order chi connectivity index (χ1) is 7.99. The van der Waals surface area contributed by atoms with Crippen LogP contribution >= 0.6 is 0 Å². The summed E-state index contributed by atoms with van der Waals surface area (Å²) in [4.78, 5) is 0. The molecule has 0 heterocycles. The van der Waals surface area contributed by atoms with Crippen molar-refractivity contribution in [3.63, 3.8) is 0 Å². The van der Waals surface area contributed by atoms with Gasteiger partial charge in [0.1, 0.15) is 5.75 Å². The summed E-state index contributed by atoms with van der Waals surface area (Å²) in [5.41, 5.74) is 0.945. The molecule has 94 valence electrons. The van der Waals surface area contributed by atoms with Crippen LogP contribution in [0.25, 0.3) is 0 Å². The van der Waals surface area contributed by atoms with E-state index in [9.17, 15) is 13.5 Å². The molecule has 1 aromatic rings. The maximum Gasteiger partial charge on any atom is 0.151 e. The summed E-state index contributed by atoms with van der Waals surface area (Å²) < 4.78 is 28.1. The average molecular weight is 256 g/mol. The summed E-state index contributed by atoms with van der Waals surface area (Å²) in [5, 5.41) is 8.74. The van der Waals surface area contributed by atoms with Gasteiger partial charge in [0, 0.05) is 24.7 Å². The van der Waals surface area contributed by atoms with Crippen LogP contribution in [0.1, 0.15) is 11.5 Å². The second kappa shape index (κ2) is 4.31. The monoisotopic (exact) mass is 256 g/mol. The van der Waals surface area contributed by atoms with Gasteiger partial charge >= 0.3 is 0 Å². The lowest BCUT2D eigenvalue weighted by Gasteiger charge is -2.02. The summed E-state index contributed by atoms with van der Waals surface area (Å²) in [6.07, 6.45) is 1.23. The van der Waals surface area contributed by atoms with E-state index in [1.165, 1.54) is 6.26 Å². The van der Waals surface area contributed by atoms with Crippen molar-refractivity contribution in [3.05, 3.63) is 29.8 Å². The van der Waals surface area contributed by atoms with Crippen LogP contribution in [0.5, 0.6) is 5.75 Å². The van der Waals surface area contributed by atoms with Crippen molar-refractivity contribution in [2.75, 3.05) is 20.0 Å². The SMILES string of the molecule is COc1ccc([C@@H]2[C@H](CO)[C@@H]2S(C)(=O)=O)cc1. The quantitative estimate of drug-likeness (QED) is 0.866. The lowest BCUT2D eigenvalue weighted by Crippen LogP contribution is -2.08. The number of hydrogen-bond donors (Lipinski definition) is 1. The summed E-state index contributed by atoms with van der Waals surface area (Å²) in [6, 6.07) is 7.33. The number of hydrogen-bond acceptors (Lipinski definition) is 4. The van der Waals surface area contributed by atoms with Gasteiger partial charge in [0.2, 0.25) is 0 Å². The van der Waals surface area contributed by atoms with Crippen molar-refractivity contribution in [1.29, 1.82) is 0 Å². The minimum absolute atomic E-state index is 0.0825. The predicted octanol–water partition coefficient (Wildman–Crippen LogP) is 0.814. The summed E-state index contributed by atoms with van der Waals surface area (Å²) in [6.45, 7) is -0.0889. The molecule has 4 nitrogen and oxygen atoms in total. The number of sulfone groups is 1. The molecule has 1 aliphatic carbocycles. The van der Waals surface area contributed by atoms with Gasteiger partial charge in [-0.25, -0.2) is 8.42 Å². The van der Waals surface area contributed by atoms with Crippen LogP contribution in [0.4, 0.5) is 0 Å². The Balaban J connectivity index is 2.23. The van der Waals surface area contributed by atoms with Crippen LogP contribution in [0, 0.1) is 5.92 Å². The Hall–Kier alpha value is -1.07. The first-order valence-corrected chi connectivity index (χ1v) is 7.38. The maximum absolute atomic E-state index is 11.5. The van der Waals surface area contributed by atoms with Gasteiger partial charge in [-0.05, 0) is 17.7 Å². The van der Waals surface area contributed by atoms with E-state index in [4.69, 9.17) is 4.74 Å². The summed E-state index contributed by atoms with van der Waals surface area (Å²) in [7, 11) is -1.51. The molecule has 0 amide bonds. The van der Waals surface area contributed by atoms with Crippen LogP contribution in [0.3, 0.4) is 0 Å². The standard InChI is InChI=1S/C12H16O4S/c1-16-9-5-3-8(4-6-9)11-10(7-13)12(11)17(2,14)15/h3-6,10-13H,7H2,1-2H3/t10-,11+,12-/m0/s1. The Morgan fingerprint density at radius 3 is 2.24 bits per heavy atom. The third-order valence-corrected chi connectivity index (χ3v) is 4.93. The highest BCUT2D eigenvalue weighted by atomic mass is 32.2. The van der Waals surface area contributed by atoms with Crippen LogP contribution in [-0.2, 0) is 9.84 Å². The van der Waals surface area contributed by atoms with Crippen molar-refractivity contribution in [3.8, 4) is 5.75 Å². The number of methoxy groups -OCH3 is 1. The van der Waals surface area contributed by atoms with Gasteiger partial charge in [-0.3, -0.25) is 0 Å². The molecule has 0 aromatic heterocycles. The fraction of sp³-hybridized carbons (Fsp3) is 0.500. The van der Waals surface area contributed by atoms with Gasteiger partial charge in [-0.1, -0.05) is 12.1 Å². The van der Waals surface area contributed by atoms with Crippen molar-refractivity contribution in [1.82, 2.24) is 0 Å². The van der Waals surface area contributed by atoms with E-state index >= 15 is 0 Å². The molecule has 0 saturated heterocycles. The highest BCUT2D eigenvalue weighted by molar-refractivity contribution is 7.91. The second-order valence-corrected chi connectivity index (χ2v) is 6.64. The fourth-order valence-corrected chi connectivity index (χ4v) is 4.10. The van der Waals surface area contributed by atoms with Crippen LogP contribution in [0.15, 0.2) is 24.3 Å². The summed E-state index contributed by atoms with van der Waals surface area (Å²) in [5.74, 6) is 0.491. The van der Waals surface area contributed by atoms with Crippen molar-refractivity contribution >= 4 is 9.84 Å². The molecule has 1 N–H and O–H groups in total. The van der Waals surface area contributed by atoms with E-state index in [0.29, 0.717) is 0 Å². The Morgan fingerprint density at radius 2 is 1.88 bits per heavy atom. The van der Waals surface area contributed by atoms with E-state index < -0.39 is 15.1 Å². The van der Waals surface area contributed by atoms with Gasteiger partial charge in [-0.2, -0.15) is 0 Å². The van der Waals surface area contributed by atoms with Crippen molar-refractivity contribution < 1.29 is 18.3 Å². The molecule has 0 bridgehead atoms. The van der Waals surface area contributed by atoms with Crippen LogP contribution < -0.4 is 4.74 Å². The molecule has 0 aliphatic heterocycles. The van der Waals surface area contributed by atoms with Gasteiger partial charge in [0.25, 0.3) is 0 Å². The number of aliphatic hydroxyl groups is 1.